The van der Waals surface area contributed by atoms with Gasteiger partial charge >= 0.3 is 0 Å². The molecule has 15 heavy (non-hydrogen) atoms. The van der Waals surface area contributed by atoms with Crippen molar-refractivity contribution in [1.29, 1.82) is 0 Å². The summed E-state index contributed by atoms with van der Waals surface area (Å²) in [6, 6.07) is 10.6. The molecule has 1 aliphatic heterocycles. The van der Waals surface area contributed by atoms with Crippen molar-refractivity contribution in [3.8, 4) is 0 Å². The zero-order valence-corrected chi connectivity index (χ0v) is 9.72. The summed E-state index contributed by atoms with van der Waals surface area (Å²) in [5, 5.41) is 4.22. The minimum Gasteiger partial charge on any atom is -0.389 e. The molecule has 0 aliphatic carbocycles. The number of allylic oxidation sites excluding steroid dienone is 1. The fourth-order valence-electron chi connectivity index (χ4n) is 2.03. The SMILES string of the molecule is CC1(c2ccccc2)CCC(Cl)=CNC1. The van der Waals surface area contributed by atoms with Gasteiger partial charge in [0.2, 0.25) is 0 Å². The first-order valence-electron chi connectivity index (χ1n) is 5.34. The first kappa shape index (κ1) is 10.6. The van der Waals surface area contributed by atoms with Gasteiger partial charge in [-0.1, -0.05) is 48.9 Å². The van der Waals surface area contributed by atoms with Crippen molar-refractivity contribution in [3.05, 3.63) is 47.1 Å². The second-order valence-corrected chi connectivity index (χ2v) is 4.88. The Balaban J connectivity index is 2.21. The van der Waals surface area contributed by atoms with Crippen LogP contribution in [0.15, 0.2) is 41.6 Å². The summed E-state index contributed by atoms with van der Waals surface area (Å²) < 4.78 is 0. The van der Waals surface area contributed by atoms with Crippen LogP contribution in [-0.2, 0) is 5.41 Å². The lowest BCUT2D eigenvalue weighted by molar-refractivity contribution is 0.435. The van der Waals surface area contributed by atoms with Gasteiger partial charge in [-0.3, -0.25) is 0 Å². The van der Waals surface area contributed by atoms with Crippen molar-refractivity contribution < 1.29 is 0 Å². The quantitative estimate of drug-likeness (QED) is 0.767. The van der Waals surface area contributed by atoms with Gasteiger partial charge in [0, 0.05) is 23.2 Å². The molecule has 1 N–H and O–H groups in total. The second kappa shape index (κ2) is 4.28. The van der Waals surface area contributed by atoms with E-state index < -0.39 is 0 Å². The van der Waals surface area contributed by atoms with Crippen LogP contribution < -0.4 is 5.32 Å². The number of hydrogen-bond donors (Lipinski definition) is 1. The highest BCUT2D eigenvalue weighted by Gasteiger charge is 2.27. The molecule has 1 atom stereocenters. The molecular formula is C13H16ClN. The van der Waals surface area contributed by atoms with Gasteiger partial charge in [-0.2, -0.15) is 0 Å². The van der Waals surface area contributed by atoms with E-state index in [4.69, 9.17) is 11.6 Å². The summed E-state index contributed by atoms with van der Waals surface area (Å²) in [7, 11) is 0. The third-order valence-corrected chi connectivity index (χ3v) is 3.44. The van der Waals surface area contributed by atoms with Crippen molar-refractivity contribution in [2.45, 2.75) is 25.2 Å². The molecule has 1 nitrogen and oxygen atoms in total. The standard InChI is InChI=1S/C13H16ClN/c1-13(11-5-3-2-4-6-11)8-7-12(14)9-15-10-13/h2-6,9,15H,7-8,10H2,1H3. The Morgan fingerprint density at radius 3 is 2.73 bits per heavy atom. The maximum atomic E-state index is 6.03. The van der Waals surface area contributed by atoms with E-state index in [1.807, 2.05) is 6.20 Å². The summed E-state index contributed by atoms with van der Waals surface area (Å²) >= 11 is 6.03. The lowest BCUT2D eigenvalue weighted by Gasteiger charge is -2.28. The van der Waals surface area contributed by atoms with Crippen LogP contribution >= 0.6 is 11.6 Å². The van der Waals surface area contributed by atoms with Gasteiger partial charge < -0.3 is 5.32 Å². The average Bonchev–Trinajstić information content (AvgIpc) is 2.44. The minimum absolute atomic E-state index is 0.189. The Labute approximate surface area is 96.1 Å². The molecule has 1 aromatic carbocycles. The van der Waals surface area contributed by atoms with Crippen molar-refractivity contribution in [1.82, 2.24) is 5.32 Å². The smallest absolute Gasteiger partial charge is 0.0337 e. The highest BCUT2D eigenvalue weighted by Crippen LogP contribution is 2.32. The first-order valence-corrected chi connectivity index (χ1v) is 5.72. The van der Waals surface area contributed by atoms with Gasteiger partial charge in [-0.05, 0) is 18.4 Å². The molecule has 1 heterocycles. The zero-order chi connectivity index (χ0) is 10.7. The Bertz CT molecular complexity index is 358. The van der Waals surface area contributed by atoms with E-state index in [9.17, 15) is 0 Å². The molecule has 1 aromatic rings. The van der Waals surface area contributed by atoms with E-state index in [1.54, 1.807) is 0 Å². The molecule has 1 aliphatic rings. The fraction of sp³-hybridized carbons (Fsp3) is 0.385. The summed E-state index contributed by atoms with van der Waals surface area (Å²) in [5.41, 5.74) is 1.58. The fourth-order valence-corrected chi connectivity index (χ4v) is 2.20. The van der Waals surface area contributed by atoms with Gasteiger partial charge in [0.1, 0.15) is 0 Å². The molecule has 0 aromatic heterocycles. The average molecular weight is 222 g/mol. The molecule has 0 bridgehead atoms. The molecule has 2 rings (SSSR count). The van der Waals surface area contributed by atoms with Crippen molar-refractivity contribution in [2.24, 2.45) is 0 Å². The molecule has 0 fully saturated rings. The van der Waals surface area contributed by atoms with Crippen LogP contribution in [0.5, 0.6) is 0 Å². The van der Waals surface area contributed by atoms with Crippen molar-refractivity contribution in [3.63, 3.8) is 0 Å². The third kappa shape index (κ3) is 2.35. The maximum absolute atomic E-state index is 6.03. The topological polar surface area (TPSA) is 12.0 Å². The van der Waals surface area contributed by atoms with Crippen molar-refractivity contribution in [2.75, 3.05) is 6.54 Å². The molecular weight excluding hydrogens is 206 g/mol. The number of halogens is 1. The molecule has 2 heteroatoms. The largest absolute Gasteiger partial charge is 0.389 e. The summed E-state index contributed by atoms with van der Waals surface area (Å²) in [4.78, 5) is 0. The Hall–Kier alpha value is -0.950. The Kier molecular flexibility index (Phi) is 3.01. The third-order valence-electron chi connectivity index (χ3n) is 3.14. The second-order valence-electron chi connectivity index (χ2n) is 4.40. The van der Waals surface area contributed by atoms with Crippen LogP contribution in [0.1, 0.15) is 25.3 Å². The van der Waals surface area contributed by atoms with E-state index >= 15 is 0 Å². The summed E-state index contributed by atoms with van der Waals surface area (Å²) in [6.45, 7) is 3.24. The van der Waals surface area contributed by atoms with Gasteiger partial charge in [-0.25, -0.2) is 0 Å². The van der Waals surface area contributed by atoms with Crippen LogP contribution in [0.3, 0.4) is 0 Å². The zero-order valence-electron chi connectivity index (χ0n) is 8.96. The van der Waals surface area contributed by atoms with Crippen LogP contribution in [0.4, 0.5) is 0 Å². The predicted molar refractivity (Wildman–Crippen MR) is 65.0 cm³/mol. The number of rotatable bonds is 1. The molecule has 0 radical (unpaired) electrons. The van der Waals surface area contributed by atoms with Crippen LogP contribution in [0.2, 0.25) is 0 Å². The van der Waals surface area contributed by atoms with E-state index in [2.05, 4.69) is 42.6 Å². The number of benzene rings is 1. The molecule has 0 saturated heterocycles. The Morgan fingerprint density at radius 1 is 1.27 bits per heavy atom. The molecule has 0 amide bonds. The monoisotopic (exact) mass is 221 g/mol. The normalized spacial score (nSPS) is 26.4. The summed E-state index contributed by atoms with van der Waals surface area (Å²) in [5.74, 6) is 0. The Morgan fingerprint density at radius 2 is 2.00 bits per heavy atom. The number of hydrogen-bond acceptors (Lipinski definition) is 1. The predicted octanol–water partition coefficient (Wildman–Crippen LogP) is 3.41. The van der Waals surface area contributed by atoms with Gasteiger partial charge in [0.25, 0.3) is 0 Å². The minimum atomic E-state index is 0.189. The van der Waals surface area contributed by atoms with Gasteiger partial charge in [0.15, 0.2) is 0 Å². The molecule has 0 spiro atoms. The van der Waals surface area contributed by atoms with Gasteiger partial charge in [-0.15, -0.1) is 0 Å². The highest BCUT2D eigenvalue weighted by molar-refractivity contribution is 6.29. The molecule has 80 valence electrons. The lowest BCUT2D eigenvalue weighted by Crippen LogP contribution is -2.32. The van der Waals surface area contributed by atoms with Crippen LogP contribution in [-0.4, -0.2) is 6.54 Å². The lowest BCUT2D eigenvalue weighted by atomic mass is 9.79. The number of nitrogens with one attached hydrogen (secondary N) is 1. The summed E-state index contributed by atoms with van der Waals surface area (Å²) in [6.07, 6.45) is 3.98. The van der Waals surface area contributed by atoms with Gasteiger partial charge in [0.05, 0.1) is 0 Å². The maximum Gasteiger partial charge on any atom is 0.0337 e. The van der Waals surface area contributed by atoms with Crippen LogP contribution in [0, 0.1) is 0 Å². The van der Waals surface area contributed by atoms with E-state index in [0.717, 1.165) is 24.4 Å². The molecule has 1 unspecified atom stereocenters. The van der Waals surface area contributed by atoms with Crippen molar-refractivity contribution >= 4 is 11.6 Å². The van der Waals surface area contributed by atoms with Crippen LogP contribution in [0.25, 0.3) is 0 Å². The van der Waals surface area contributed by atoms with E-state index in [1.165, 1.54) is 5.56 Å². The molecule has 0 saturated carbocycles. The van der Waals surface area contributed by atoms with E-state index in [-0.39, 0.29) is 5.41 Å². The first-order chi connectivity index (χ1) is 7.21. The highest BCUT2D eigenvalue weighted by atomic mass is 35.5. The van der Waals surface area contributed by atoms with E-state index in [0.29, 0.717) is 0 Å².